The van der Waals surface area contributed by atoms with Crippen molar-refractivity contribution in [2.75, 3.05) is 0 Å². The zero-order chi connectivity index (χ0) is 36.9. The highest BCUT2D eigenvalue weighted by Gasteiger charge is 2.80. The summed E-state index contributed by atoms with van der Waals surface area (Å²) >= 11 is 2.38. The summed E-state index contributed by atoms with van der Waals surface area (Å²) in [6.45, 7) is 3.46. The second-order valence-corrected chi connectivity index (χ2v) is 15.7. The lowest BCUT2D eigenvalue weighted by Gasteiger charge is -2.25. The van der Waals surface area contributed by atoms with Gasteiger partial charge in [0.15, 0.2) is 0 Å². The Kier molecular flexibility index (Phi) is 7.70. The molecular weight excluding hydrogens is 719 g/mol. The number of rotatable bonds is 6. The number of thiophene rings is 2. The Morgan fingerprint density at radius 2 is 0.736 bits per heavy atom. The smallest absolute Gasteiger partial charge is 0.194 e. The molecule has 0 fully saturated rings. The first-order valence-electron chi connectivity index (χ1n) is 17.4. The second kappa shape index (κ2) is 12.1. The van der Waals surface area contributed by atoms with E-state index in [0.29, 0.717) is 19.5 Å². The Morgan fingerprint density at radius 3 is 1.04 bits per heavy atom. The average molecular weight is 749 g/mol. The van der Waals surface area contributed by atoms with Crippen LogP contribution in [0.1, 0.15) is 34.7 Å². The second-order valence-electron chi connectivity index (χ2n) is 13.5. The van der Waals surface area contributed by atoms with Crippen LogP contribution < -0.4 is 0 Å². The molecule has 0 amide bonds. The summed E-state index contributed by atoms with van der Waals surface area (Å²) < 4.78 is 97.4. The third kappa shape index (κ3) is 4.81. The number of hydrogen-bond donors (Lipinski definition) is 0. The Labute approximate surface area is 309 Å². The summed E-state index contributed by atoms with van der Waals surface area (Å²) in [6, 6.07) is 37.6. The largest absolute Gasteiger partial charge is 0.380 e. The van der Waals surface area contributed by atoms with Gasteiger partial charge < -0.3 is 0 Å². The van der Waals surface area contributed by atoms with Crippen molar-refractivity contribution in [3.8, 4) is 20.9 Å². The third-order valence-corrected chi connectivity index (χ3v) is 13.1. The molecule has 0 N–H and O–H groups in total. The van der Waals surface area contributed by atoms with Crippen LogP contribution in [0.3, 0.4) is 0 Å². The Hall–Kier alpha value is -4.92. The molecule has 0 unspecified atom stereocenters. The predicted octanol–water partition coefficient (Wildman–Crippen LogP) is 14.7. The molecule has 0 atom stereocenters. The standard InChI is InChI=1S/C45H30F6S2/c1-3-35-33(23-37(52-35)39-29-17-9-5-13-25(29)21-26-14-6-10-18-30(26)39)41-42(44(48,49)45(50,51)43(41,46)47)34-24-38(53-36(34)4-2)40-31-19-11-7-15-27(31)22-28-16-8-12-20-32(28)40/h5-24H,3-4H2,1-2H3. The summed E-state index contributed by atoms with van der Waals surface area (Å²) in [5.41, 5.74) is -1.60. The maximum absolute atomic E-state index is 16.4. The molecule has 0 spiro atoms. The van der Waals surface area contributed by atoms with Crippen LogP contribution in [0.4, 0.5) is 26.3 Å². The van der Waals surface area contributed by atoms with Crippen LogP contribution in [-0.4, -0.2) is 17.8 Å². The number of alkyl halides is 6. The fourth-order valence-electron chi connectivity index (χ4n) is 8.04. The quantitative estimate of drug-likeness (QED) is 0.117. The molecule has 2 heterocycles. The van der Waals surface area contributed by atoms with Gasteiger partial charge in [-0.25, -0.2) is 0 Å². The minimum atomic E-state index is -5.66. The summed E-state index contributed by atoms with van der Waals surface area (Å²) in [6.07, 6.45) is 0.369. The first-order valence-corrected chi connectivity index (χ1v) is 19.1. The number of fused-ring (bicyclic) bond motifs is 4. The maximum atomic E-state index is 16.4. The highest BCUT2D eigenvalue weighted by Crippen LogP contribution is 2.66. The Bertz CT molecular complexity index is 2500. The molecule has 1 aliphatic carbocycles. The molecule has 8 aromatic rings. The van der Waals surface area contributed by atoms with E-state index in [1.165, 1.54) is 34.8 Å². The van der Waals surface area contributed by atoms with Gasteiger partial charge in [-0.3, -0.25) is 0 Å². The van der Waals surface area contributed by atoms with Gasteiger partial charge in [0.2, 0.25) is 0 Å². The van der Waals surface area contributed by atoms with Crippen LogP contribution in [0, 0.1) is 0 Å². The van der Waals surface area contributed by atoms with Crippen LogP contribution in [0.15, 0.2) is 121 Å². The third-order valence-electron chi connectivity index (χ3n) is 10.5. The zero-order valence-electron chi connectivity index (χ0n) is 28.5. The Morgan fingerprint density at radius 1 is 0.434 bits per heavy atom. The topological polar surface area (TPSA) is 0 Å². The van der Waals surface area contributed by atoms with Crippen molar-refractivity contribution in [2.45, 2.75) is 44.5 Å². The van der Waals surface area contributed by atoms with Gasteiger partial charge in [-0.1, -0.05) is 111 Å². The Balaban J connectivity index is 1.35. The number of benzene rings is 6. The minimum Gasteiger partial charge on any atom is -0.194 e. The van der Waals surface area contributed by atoms with Gasteiger partial charge in [0.1, 0.15) is 0 Å². The number of aryl methyl sites for hydroxylation is 2. The molecule has 0 saturated carbocycles. The summed E-state index contributed by atoms with van der Waals surface area (Å²) in [7, 11) is 0. The highest BCUT2D eigenvalue weighted by molar-refractivity contribution is 7.16. The molecule has 0 bridgehead atoms. The molecule has 0 nitrogen and oxygen atoms in total. The monoisotopic (exact) mass is 748 g/mol. The molecule has 1 aliphatic rings. The predicted molar refractivity (Wildman–Crippen MR) is 210 cm³/mol. The van der Waals surface area contributed by atoms with E-state index in [2.05, 4.69) is 0 Å². The highest BCUT2D eigenvalue weighted by atomic mass is 32.1. The zero-order valence-corrected chi connectivity index (χ0v) is 30.2. The van der Waals surface area contributed by atoms with E-state index in [1.54, 1.807) is 13.8 Å². The van der Waals surface area contributed by atoms with E-state index in [0.717, 1.165) is 54.2 Å². The van der Waals surface area contributed by atoms with E-state index < -0.39 is 28.9 Å². The lowest BCUT2D eigenvalue weighted by atomic mass is 9.91. The first-order chi connectivity index (χ1) is 25.5. The van der Waals surface area contributed by atoms with Crippen LogP contribution in [0.5, 0.6) is 0 Å². The van der Waals surface area contributed by atoms with E-state index in [-0.39, 0.29) is 24.0 Å². The molecule has 264 valence electrons. The molecular formula is C45H30F6S2. The van der Waals surface area contributed by atoms with E-state index in [1.807, 2.05) is 109 Å². The normalized spacial score (nSPS) is 16.5. The van der Waals surface area contributed by atoms with Crippen molar-refractivity contribution in [3.05, 3.63) is 142 Å². The van der Waals surface area contributed by atoms with Crippen LogP contribution in [0.25, 0.3) is 75.1 Å². The molecule has 0 radical (unpaired) electrons. The van der Waals surface area contributed by atoms with Gasteiger partial charge >= 0.3 is 17.8 Å². The van der Waals surface area contributed by atoms with Crippen molar-refractivity contribution >= 4 is 76.9 Å². The number of halogens is 6. The van der Waals surface area contributed by atoms with Gasteiger partial charge in [-0.2, -0.15) is 26.3 Å². The van der Waals surface area contributed by atoms with Crippen LogP contribution in [0.2, 0.25) is 0 Å². The van der Waals surface area contributed by atoms with E-state index in [4.69, 9.17) is 0 Å². The van der Waals surface area contributed by atoms with Gasteiger partial charge in [-0.15, -0.1) is 22.7 Å². The minimum absolute atomic E-state index is 0.185. The van der Waals surface area contributed by atoms with Crippen molar-refractivity contribution in [1.82, 2.24) is 0 Å². The first kappa shape index (κ1) is 33.9. The summed E-state index contributed by atoms with van der Waals surface area (Å²) in [5.74, 6) is -16.0. The van der Waals surface area contributed by atoms with Gasteiger partial charge in [-0.05, 0) is 91.3 Å². The fraction of sp³-hybridized carbons (Fsp3) is 0.156. The van der Waals surface area contributed by atoms with E-state index in [9.17, 15) is 0 Å². The molecule has 9 rings (SSSR count). The molecule has 0 aliphatic heterocycles. The maximum Gasteiger partial charge on any atom is 0.380 e. The average Bonchev–Trinajstić information content (AvgIpc) is 3.80. The summed E-state index contributed by atoms with van der Waals surface area (Å²) in [4.78, 5) is 1.78. The molecule has 0 saturated heterocycles. The molecule has 2 aromatic heterocycles. The van der Waals surface area contributed by atoms with Crippen LogP contribution in [-0.2, 0) is 12.8 Å². The van der Waals surface area contributed by atoms with Gasteiger partial charge in [0, 0.05) is 41.8 Å². The lowest BCUT2D eigenvalue weighted by Crippen LogP contribution is -2.48. The van der Waals surface area contributed by atoms with E-state index >= 15 is 26.3 Å². The molecule has 53 heavy (non-hydrogen) atoms. The van der Waals surface area contributed by atoms with Gasteiger partial charge in [0.25, 0.3) is 0 Å². The van der Waals surface area contributed by atoms with Crippen molar-refractivity contribution < 1.29 is 26.3 Å². The number of allylic oxidation sites excluding steroid dienone is 2. The van der Waals surface area contributed by atoms with Crippen LogP contribution >= 0.6 is 22.7 Å². The van der Waals surface area contributed by atoms with Crippen molar-refractivity contribution in [1.29, 1.82) is 0 Å². The number of hydrogen-bond acceptors (Lipinski definition) is 2. The van der Waals surface area contributed by atoms with Crippen molar-refractivity contribution in [2.24, 2.45) is 0 Å². The summed E-state index contributed by atoms with van der Waals surface area (Å²) in [5, 5.41) is 7.06. The lowest BCUT2D eigenvalue weighted by molar-refractivity contribution is -0.254. The SMILES string of the molecule is CCc1sc(-c2c3ccccc3cc3ccccc23)cc1C1=C(c2cc(-c3c4ccccc4cc4ccccc34)sc2CC)C(F)(F)C(F)(F)C1(F)F. The molecule has 8 heteroatoms. The molecule has 6 aromatic carbocycles. The van der Waals surface area contributed by atoms with Crippen molar-refractivity contribution in [3.63, 3.8) is 0 Å². The fourth-order valence-corrected chi connectivity index (χ4v) is 10.4. The van der Waals surface area contributed by atoms with Gasteiger partial charge in [0.05, 0.1) is 0 Å².